The van der Waals surface area contributed by atoms with Gasteiger partial charge in [-0.1, -0.05) is 114 Å². The lowest BCUT2D eigenvalue weighted by molar-refractivity contribution is -0.140. The van der Waals surface area contributed by atoms with Gasteiger partial charge in [-0.25, -0.2) is 8.42 Å². The molecule has 0 aromatic heterocycles. The number of benzene rings is 4. The first-order valence-electron chi connectivity index (χ1n) is 15.1. The Balaban J connectivity index is 1.60. The zero-order chi connectivity index (χ0) is 33.6. The number of hydrogen-bond acceptors (Lipinski definition) is 4. The van der Waals surface area contributed by atoms with Gasteiger partial charge in [0.05, 0.1) is 10.6 Å². The summed E-state index contributed by atoms with van der Waals surface area (Å²) in [5.74, 6) is -0.962. The molecule has 0 spiro atoms. The number of sulfonamides is 1. The van der Waals surface area contributed by atoms with Crippen LogP contribution in [-0.4, -0.2) is 43.8 Å². The van der Waals surface area contributed by atoms with Crippen LogP contribution >= 0.6 is 46.4 Å². The van der Waals surface area contributed by atoms with Crippen LogP contribution in [0.2, 0.25) is 20.1 Å². The second-order valence-corrected chi connectivity index (χ2v) is 15.0. The normalized spacial score (nSPS) is 14.0. The van der Waals surface area contributed by atoms with Gasteiger partial charge in [0.1, 0.15) is 12.6 Å². The molecule has 4 aromatic rings. The van der Waals surface area contributed by atoms with Crippen LogP contribution in [0.25, 0.3) is 0 Å². The fourth-order valence-electron chi connectivity index (χ4n) is 5.69. The van der Waals surface area contributed by atoms with Crippen LogP contribution in [0.1, 0.15) is 36.8 Å². The van der Waals surface area contributed by atoms with E-state index in [4.69, 9.17) is 46.4 Å². The van der Waals surface area contributed by atoms with Crippen molar-refractivity contribution in [3.63, 3.8) is 0 Å². The lowest BCUT2D eigenvalue weighted by atomic mass is 10.0. The van der Waals surface area contributed by atoms with Gasteiger partial charge in [-0.05, 0) is 66.4 Å². The third kappa shape index (κ3) is 9.00. The fourth-order valence-corrected chi connectivity index (χ4v) is 8.09. The standard InChI is InChI=1S/C35H33Cl4N3O4S/c36-26-16-15-25(32(39)21-26)22-41(33(17-24-9-3-1-4-10-24)35(44)40-29-11-7-8-12-29)34(43)23-42(30-19-27(37)18-28(38)20-30)47(45,46)31-13-5-2-6-14-31/h1-6,9-10,13-16,18-21,29,33H,7-8,11-12,17,22-23H2,(H,40,44). The minimum Gasteiger partial charge on any atom is -0.352 e. The van der Waals surface area contributed by atoms with E-state index in [1.807, 2.05) is 30.3 Å². The Morgan fingerprint density at radius 2 is 1.40 bits per heavy atom. The zero-order valence-electron chi connectivity index (χ0n) is 25.3. The van der Waals surface area contributed by atoms with E-state index in [1.165, 1.54) is 35.2 Å². The highest BCUT2D eigenvalue weighted by atomic mass is 35.5. The van der Waals surface area contributed by atoms with Gasteiger partial charge in [-0.2, -0.15) is 0 Å². The number of carbonyl (C=O) groups excluding carboxylic acids is 2. The Morgan fingerprint density at radius 1 is 0.787 bits per heavy atom. The summed E-state index contributed by atoms with van der Waals surface area (Å²) < 4.78 is 29.3. The van der Waals surface area contributed by atoms with Crippen molar-refractivity contribution in [2.24, 2.45) is 0 Å². The van der Waals surface area contributed by atoms with Crippen LogP contribution in [0.4, 0.5) is 5.69 Å². The van der Waals surface area contributed by atoms with E-state index < -0.39 is 28.5 Å². The van der Waals surface area contributed by atoms with E-state index in [0.717, 1.165) is 35.6 Å². The Hall–Kier alpha value is -3.27. The van der Waals surface area contributed by atoms with Crippen molar-refractivity contribution in [2.75, 3.05) is 10.8 Å². The van der Waals surface area contributed by atoms with Crippen molar-refractivity contribution in [3.8, 4) is 0 Å². The number of nitrogens with one attached hydrogen (secondary N) is 1. The summed E-state index contributed by atoms with van der Waals surface area (Å²) in [5.41, 5.74) is 1.47. The number of rotatable bonds is 12. The quantitative estimate of drug-likeness (QED) is 0.159. The van der Waals surface area contributed by atoms with Gasteiger partial charge in [0.15, 0.2) is 0 Å². The summed E-state index contributed by atoms with van der Waals surface area (Å²) in [6.45, 7) is -0.735. The summed E-state index contributed by atoms with van der Waals surface area (Å²) in [5, 5.41) is 4.25. The summed E-state index contributed by atoms with van der Waals surface area (Å²) in [6.07, 6.45) is 3.89. The molecular weight excluding hydrogens is 700 g/mol. The third-order valence-corrected chi connectivity index (χ3v) is 10.9. The van der Waals surface area contributed by atoms with Gasteiger partial charge < -0.3 is 10.2 Å². The van der Waals surface area contributed by atoms with E-state index >= 15 is 0 Å². The minimum absolute atomic E-state index is 0.0135. The van der Waals surface area contributed by atoms with E-state index in [1.54, 1.807) is 36.4 Å². The van der Waals surface area contributed by atoms with Gasteiger partial charge in [0.25, 0.3) is 10.0 Å². The van der Waals surface area contributed by atoms with Gasteiger partial charge in [0, 0.05) is 39.1 Å². The minimum atomic E-state index is -4.30. The molecule has 1 aliphatic carbocycles. The number of halogens is 4. The van der Waals surface area contributed by atoms with Gasteiger partial charge in [-0.3, -0.25) is 13.9 Å². The molecule has 1 N–H and O–H groups in total. The van der Waals surface area contributed by atoms with Crippen molar-refractivity contribution in [1.29, 1.82) is 0 Å². The number of amides is 2. The molecule has 2 amide bonds. The van der Waals surface area contributed by atoms with Crippen LogP contribution in [0.3, 0.4) is 0 Å². The molecule has 0 saturated heterocycles. The van der Waals surface area contributed by atoms with E-state index in [9.17, 15) is 18.0 Å². The molecule has 5 rings (SSSR count). The summed E-state index contributed by atoms with van der Waals surface area (Å²) in [4.78, 5) is 30.1. The Bertz CT molecular complexity index is 1800. The zero-order valence-corrected chi connectivity index (χ0v) is 29.1. The molecule has 1 atom stereocenters. The average molecular weight is 734 g/mol. The lowest BCUT2D eigenvalue weighted by Gasteiger charge is -2.34. The molecule has 7 nitrogen and oxygen atoms in total. The van der Waals surface area contributed by atoms with Crippen molar-refractivity contribution in [3.05, 3.63) is 128 Å². The molecule has 4 aromatic carbocycles. The maximum Gasteiger partial charge on any atom is 0.264 e. The van der Waals surface area contributed by atoms with E-state index in [-0.39, 0.29) is 45.5 Å². The van der Waals surface area contributed by atoms with E-state index in [2.05, 4.69) is 5.32 Å². The topological polar surface area (TPSA) is 86.8 Å². The molecule has 0 radical (unpaired) electrons. The average Bonchev–Trinajstić information content (AvgIpc) is 3.55. The first-order valence-corrected chi connectivity index (χ1v) is 18.1. The van der Waals surface area contributed by atoms with Gasteiger partial charge in [-0.15, -0.1) is 0 Å². The molecule has 0 heterocycles. The van der Waals surface area contributed by atoms with Crippen molar-refractivity contribution < 1.29 is 18.0 Å². The summed E-state index contributed by atoms with van der Waals surface area (Å²) >= 11 is 25.4. The van der Waals surface area contributed by atoms with Gasteiger partial charge in [0.2, 0.25) is 11.8 Å². The molecule has 1 unspecified atom stereocenters. The largest absolute Gasteiger partial charge is 0.352 e. The second kappa shape index (κ2) is 15.8. The molecule has 12 heteroatoms. The van der Waals surface area contributed by atoms with Crippen LogP contribution < -0.4 is 9.62 Å². The van der Waals surface area contributed by atoms with Crippen LogP contribution in [0.5, 0.6) is 0 Å². The predicted molar refractivity (Wildman–Crippen MR) is 189 cm³/mol. The Morgan fingerprint density at radius 3 is 2.02 bits per heavy atom. The van der Waals surface area contributed by atoms with Crippen molar-refractivity contribution in [2.45, 2.75) is 55.6 Å². The number of hydrogen-bond donors (Lipinski definition) is 1. The Labute approximate surface area is 295 Å². The molecule has 0 aliphatic heterocycles. The number of nitrogens with zero attached hydrogens (tertiary/aromatic N) is 2. The first kappa shape index (κ1) is 35.0. The Kier molecular flexibility index (Phi) is 11.7. The predicted octanol–water partition coefficient (Wildman–Crippen LogP) is 8.19. The summed E-state index contributed by atoms with van der Waals surface area (Å²) in [7, 11) is -4.30. The SMILES string of the molecule is O=C(NC1CCCC1)C(Cc1ccccc1)N(Cc1ccc(Cl)cc1Cl)C(=O)CN(c1cc(Cl)cc(Cl)c1)S(=O)(=O)c1ccccc1. The van der Waals surface area contributed by atoms with Gasteiger partial charge >= 0.3 is 0 Å². The number of carbonyl (C=O) groups is 2. The smallest absolute Gasteiger partial charge is 0.264 e. The summed E-state index contributed by atoms with van der Waals surface area (Å²) in [6, 6.07) is 25.3. The molecule has 1 aliphatic rings. The maximum absolute atomic E-state index is 14.6. The highest BCUT2D eigenvalue weighted by Gasteiger charge is 2.36. The fraction of sp³-hybridized carbons (Fsp3) is 0.257. The number of anilines is 1. The molecular formula is C35H33Cl4N3O4S. The molecule has 246 valence electrons. The lowest BCUT2D eigenvalue weighted by Crippen LogP contribution is -2.54. The molecule has 47 heavy (non-hydrogen) atoms. The molecule has 0 bridgehead atoms. The maximum atomic E-state index is 14.6. The van der Waals surface area contributed by atoms with Crippen molar-refractivity contribution >= 4 is 73.9 Å². The van der Waals surface area contributed by atoms with Crippen molar-refractivity contribution in [1.82, 2.24) is 10.2 Å². The second-order valence-electron chi connectivity index (χ2n) is 11.4. The van der Waals surface area contributed by atoms with E-state index in [0.29, 0.717) is 15.6 Å². The third-order valence-electron chi connectivity index (χ3n) is 8.07. The van der Waals surface area contributed by atoms with Crippen LogP contribution in [0.15, 0.2) is 102 Å². The highest BCUT2D eigenvalue weighted by Crippen LogP contribution is 2.31. The highest BCUT2D eigenvalue weighted by molar-refractivity contribution is 7.92. The monoisotopic (exact) mass is 731 g/mol. The first-order chi connectivity index (χ1) is 22.5. The van der Waals surface area contributed by atoms with Crippen LogP contribution in [0, 0.1) is 0 Å². The molecule has 1 saturated carbocycles. The molecule has 1 fully saturated rings. The van der Waals surface area contributed by atoms with Crippen LogP contribution in [-0.2, 0) is 32.6 Å².